The van der Waals surface area contributed by atoms with Gasteiger partial charge < -0.3 is 24.2 Å². The maximum Gasteiger partial charge on any atom is 0.472 e. The molecule has 12 heteroatoms. The van der Waals surface area contributed by atoms with Gasteiger partial charge in [0.1, 0.15) is 12.7 Å². The molecule has 0 aromatic carbocycles. The molecule has 0 aromatic rings. The number of unbranched alkanes of at least 4 members (excludes halogenated alkanes) is 20. The summed E-state index contributed by atoms with van der Waals surface area (Å²) in [5, 5.41) is 9.81. The summed E-state index contributed by atoms with van der Waals surface area (Å²) in [4.78, 5) is 48.5. The van der Waals surface area contributed by atoms with Crippen LogP contribution in [0.15, 0.2) is 97.2 Å². The number of aliphatic hydroxyl groups excluding tert-OH is 1. The van der Waals surface area contributed by atoms with Gasteiger partial charge in [-0.3, -0.25) is 23.4 Å². The lowest BCUT2D eigenvalue weighted by Gasteiger charge is -2.21. The fraction of sp³-hybridized carbons (Fsp3) is 0.694. The maximum absolute atomic E-state index is 12.9. The number of esters is 3. The Balaban J connectivity index is 4.79. The quantitative estimate of drug-likeness (QED) is 0.0197. The first-order chi connectivity index (χ1) is 36.2. The zero-order chi connectivity index (χ0) is 54.1. The molecule has 0 radical (unpaired) electrons. The average Bonchev–Trinajstić information content (AvgIpc) is 3.39. The monoisotopic (exact) mass is 1060 g/mol. The second-order valence-corrected chi connectivity index (χ2v) is 20.5. The lowest BCUT2D eigenvalue weighted by atomic mass is 10.0. The molecule has 0 saturated heterocycles. The van der Waals surface area contributed by atoms with Gasteiger partial charge >= 0.3 is 25.7 Å². The molecule has 0 aliphatic rings. The summed E-state index contributed by atoms with van der Waals surface area (Å²) in [6.07, 6.45) is 65.0. The van der Waals surface area contributed by atoms with E-state index in [-0.39, 0.29) is 25.9 Å². The van der Waals surface area contributed by atoms with Crippen LogP contribution in [0.3, 0.4) is 0 Å². The Morgan fingerprint density at radius 2 is 0.703 bits per heavy atom. The molecular weight excluding hydrogens is 952 g/mol. The molecule has 424 valence electrons. The number of phosphoric acid groups is 1. The summed E-state index contributed by atoms with van der Waals surface area (Å²) in [7, 11) is -4.76. The van der Waals surface area contributed by atoms with Crippen LogP contribution in [-0.2, 0) is 42.2 Å². The number of carbonyl (C=O) groups excluding carboxylic acids is 3. The van der Waals surface area contributed by atoms with E-state index in [9.17, 15) is 28.9 Å². The molecular formula is C62H105O11P. The molecule has 0 spiro atoms. The normalized spacial score (nSPS) is 14.1. The summed E-state index contributed by atoms with van der Waals surface area (Å²) in [5.74, 6) is -1.52. The summed E-state index contributed by atoms with van der Waals surface area (Å²) in [5.41, 5.74) is 0. The van der Waals surface area contributed by atoms with Crippen LogP contribution in [0, 0.1) is 0 Å². The van der Waals surface area contributed by atoms with E-state index in [1.165, 1.54) is 57.8 Å². The highest BCUT2D eigenvalue weighted by atomic mass is 31.2. The Morgan fingerprint density at radius 1 is 0.392 bits per heavy atom. The molecule has 0 fully saturated rings. The SMILES string of the molecule is CC/C=C\C/C=C\C/C=C\C/C=C\C/C=C\CCCCCC(=O)OC(COC(=O)CCCCCCCCCCCCCCC)COP(=O)(O)OCC(CO)OC(=O)CCCCCCC/C=C\C/C=C\C/C=C\CC. The van der Waals surface area contributed by atoms with E-state index >= 15 is 0 Å². The largest absolute Gasteiger partial charge is 0.472 e. The van der Waals surface area contributed by atoms with Crippen molar-refractivity contribution in [1.29, 1.82) is 0 Å². The first-order valence-corrected chi connectivity index (χ1v) is 30.6. The molecule has 11 nitrogen and oxygen atoms in total. The number of phosphoric ester groups is 1. The first-order valence-electron chi connectivity index (χ1n) is 29.1. The number of ether oxygens (including phenoxy) is 3. The van der Waals surface area contributed by atoms with Crippen LogP contribution in [0.25, 0.3) is 0 Å². The summed E-state index contributed by atoms with van der Waals surface area (Å²) in [6.45, 7) is 4.36. The van der Waals surface area contributed by atoms with E-state index in [1.54, 1.807) is 0 Å². The highest BCUT2D eigenvalue weighted by Crippen LogP contribution is 2.43. The topological polar surface area (TPSA) is 155 Å². The molecule has 0 saturated carbocycles. The van der Waals surface area contributed by atoms with Gasteiger partial charge in [-0.25, -0.2) is 4.57 Å². The maximum atomic E-state index is 12.9. The Bertz CT molecular complexity index is 1610. The molecule has 3 unspecified atom stereocenters. The molecule has 0 rings (SSSR count). The second-order valence-electron chi connectivity index (χ2n) is 19.0. The standard InChI is InChI=1S/C62H105O11P/c1-4-7-10-13-16-19-22-25-27-28-29-30-32-35-38-41-44-47-50-53-62(66)73-59(55-69-60(64)51-48-45-42-39-36-33-24-21-18-15-12-9-6-3)57-71-74(67,68)70-56-58(54-63)72-61(65)52-49-46-43-40-37-34-31-26-23-20-17-14-11-8-5-2/h7-8,10-11,16-17,19-20,25-27,29-31,35,38,58-59,63H,4-6,9,12-15,18,21-24,28,32-34,36-37,39-57H2,1-3H3,(H,67,68)/b10-7-,11-8-,19-16-,20-17-,27-25-,30-29-,31-26-,38-35-. The molecule has 3 atom stereocenters. The minimum Gasteiger partial charge on any atom is -0.462 e. The fourth-order valence-corrected chi connectivity index (χ4v) is 8.42. The average molecular weight is 1060 g/mol. The van der Waals surface area contributed by atoms with Crippen LogP contribution in [-0.4, -0.2) is 66.5 Å². The number of hydrogen-bond acceptors (Lipinski definition) is 10. The minimum atomic E-state index is -4.76. The fourth-order valence-electron chi connectivity index (χ4n) is 7.63. The highest BCUT2D eigenvalue weighted by Gasteiger charge is 2.28. The second kappa shape index (κ2) is 55.6. The molecule has 0 bridgehead atoms. The van der Waals surface area contributed by atoms with Crippen LogP contribution >= 0.6 is 7.82 Å². The zero-order valence-corrected chi connectivity index (χ0v) is 47.7. The van der Waals surface area contributed by atoms with Crippen molar-refractivity contribution in [2.45, 2.75) is 251 Å². The third-order valence-electron chi connectivity index (χ3n) is 12.0. The van der Waals surface area contributed by atoms with Gasteiger partial charge in [0.05, 0.1) is 19.8 Å². The van der Waals surface area contributed by atoms with Crippen LogP contribution in [0.4, 0.5) is 0 Å². The van der Waals surface area contributed by atoms with Crippen LogP contribution in [0.5, 0.6) is 0 Å². The number of rotatable bonds is 53. The Labute approximate surface area is 451 Å². The third kappa shape index (κ3) is 53.2. The lowest BCUT2D eigenvalue weighted by molar-refractivity contribution is -0.161. The molecule has 0 aliphatic heterocycles. The van der Waals surface area contributed by atoms with Crippen molar-refractivity contribution in [1.82, 2.24) is 0 Å². The Kier molecular flexibility index (Phi) is 52.9. The van der Waals surface area contributed by atoms with Gasteiger partial charge in [0.2, 0.25) is 0 Å². The van der Waals surface area contributed by atoms with E-state index in [1.807, 2.05) is 0 Å². The first kappa shape index (κ1) is 70.4. The van der Waals surface area contributed by atoms with Crippen LogP contribution < -0.4 is 0 Å². The Morgan fingerprint density at radius 3 is 1.09 bits per heavy atom. The van der Waals surface area contributed by atoms with Gasteiger partial charge in [0, 0.05) is 19.3 Å². The van der Waals surface area contributed by atoms with Crippen LogP contribution in [0.1, 0.15) is 239 Å². The molecule has 0 aliphatic carbocycles. The van der Waals surface area contributed by atoms with E-state index in [2.05, 4.69) is 118 Å². The molecule has 0 aromatic heterocycles. The Hall–Kier alpha value is -3.60. The van der Waals surface area contributed by atoms with Gasteiger partial charge in [-0.1, -0.05) is 221 Å². The summed E-state index contributed by atoms with van der Waals surface area (Å²) in [6, 6.07) is 0. The van der Waals surface area contributed by atoms with E-state index in [0.717, 1.165) is 122 Å². The highest BCUT2D eigenvalue weighted by molar-refractivity contribution is 7.47. The van der Waals surface area contributed by atoms with E-state index in [0.29, 0.717) is 19.3 Å². The smallest absolute Gasteiger partial charge is 0.462 e. The number of hydrogen-bond donors (Lipinski definition) is 2. The van der Waals surface area contributed by atoms with Crippen molar-refractivity contribution >= 4 is 25.7 Å². The van der Waals surface area contributed by atoms with Crippen molar-refractivity contribution in [2.75, 3.05) is 26.4 Å². The molecule has 0 heterocycles. The van der Waals surface area contributed by atoms with Crippen molar-refractivity contribution in [2.24, 2.45) is 0 Å². The van der Waals surface area contributed by atoms with Crippen molar-refractivity contribution in [3.8, 4) is 0 Å². The van der Waals surface area contributed by atoms with Gasteiger partial charge in [0.15, 0.2) is 6.10 Å². The van der Waals surface area contributed by atoms with Gasteiger partial charge in [-0.2, -0.15) is 0 Å². The van der Waals surface area contributed by atoms with Crippen LogP contribution in [0.2, 0.25) is 0 Å². The third-order valence-corrected chi connectivity index (χ3v) is 13.0. The molecule has 74 heavy (non-hydrogen) atoms. The number of carbonyl (C=O) groups is 3. The van der Waals surface area contributed by atoms with E-state index in [4.69, 9.17) is 23.3 Å². The number of allylic oxidation sites excluding steroid dienone is 16. The van der Waals surface area contributed by atoms with Crippen molar-refractivity contribution in [3.63, 3.8) is 0 Å². The van der Waals surface area contributed by atoms with E-state index < -0.39 is 57.8 Å². The molecule has 2 N–H and O–H groups in total. The predicted octanol–water partition coefficient (Wildman–Crippen LogP) is 17.3. The summed E-state index contributed by atoms with van der Waals surface area (Å²) >= 11 is 0. The van der Waals surface area contributed by atoms with Crippen molar-refractivity contribution < 1.29 is 52.2 Å². The number of aliphatic hydroxyl groups is 1. The van der Waals surface area contributed by atoms with Gasteiger partial charge in [0.25, 0.3) is 0 Å². The lowest BCUT2D eigenvalue weighted by Crippen LogP contribution is -2.30. The van der Waals surface area contributed by atoms with Gasteiger partial charge in [-0.15, -0.1) is 0 Å². The molecule has 0 amide bonds. The zero-order valence-electron chi connectivity index (χ0n) is 46.8. The van der Waals surface area contributed by atoms with Crippen molar-refractivity contribution in [3.05, 3.63) is 97.2 Å². The predicted molar refractivity (Wildman–Crippen MR) is 307 cm³/mol. The summed E-state index contributed by atoms with van der Waals surface area (Å²) < 4.78 is 39.5. The minimum absolute atomic E-state index is 0.125. The van der Waals surface area contributed by atoms with Gasteiger partial charge in [-0.05, 0) is 96.3 Å².